The minimum atomic E-state index is -0.535. The van der Waals surface area contributed by atoms with Gasteiger partial charge in [0.25, 0.3) is 0 Å². The smallest absolute Gasteiger partial charge is 0.223 e. The zero-order valence-corrected chi connectivity index (χ0v) is 14.4. The van der Waals surface area contributed by atoms with Crippen molar-refractivity contribution in [2.45, 2.75) is 57.9 Å². The Labute approximate surface area is 139 Å². The largest absolute Gasteiger partial charge is 0.493 e. The van der Waals surface area contributed by atoms with Gasteiger partial charge in [0, 0.05) is 13.5 Å². The van der Waals surface area contributed by atoms with Gasteiger partial charge in [-0.2, -0.15) is 5.26 Å². The third kappa shape index (κ3) is 4.04. The maximum atomic E-state index is 12.2. The Morgan fingerprint density at radius 1 is 1.35 bits per heavy atom. The van der Waals surface area contributed by atoms with Gasteiger partial charge in [-0.15, -0.1) is 0 Å². The third-order valence-corrected chi connectivity index (χ3v) is 4.79. The predicted molar refractivity (Wildman–Crippen MR) is 90.2 cm³/mol. The van der Waals surface area contributed by atoms with Crippen molar-refractivity contribution >= 4 is 5.91 Å². The second-order valence-corrected chi connectivity index (χ2v) is 6.52. The fraction of sp³-hybridized carbons (Fsp3) is 0.579. The molecule has 0 spiro atoms. The first-order valence-electron chi connectivity index (χ1n) is 8.36. The first-order chi connectivity index (χ1) is 11.0. The molecule has 0 unspecified atom stereocenters. The molecule has 0 saturated heterocycles. The minimum absolute atomic E-state index is 0.0676. The molecule has 1 saturated carbocycles. The van der Waals surface area contributed by atoms with Crippen molar-refractivity contribution in [1.29, 1.82) is 5.26 Å². The van der Waals surface area contributed by atoms with Crippen molar-refractivity contribution in [2.75, 3.05) is 13.7 Å². The average molecular weight is 314 g/mol. The number of nitriles is 1. The first kappa shape index (κ1) is 17.3. The number of unbranched alkanes of at least 4 members (excludes halogenated alkanes) is 1. The highest BCUT2D eigenvalue weighted by molar-refractivity contribution is 5.77. The van der Waals surface area contributed by atoms with Crippen LogP contribution in [0.4, 0.5) is 0 Å². The summed E-state index contributed by atoms with van der Waals surface area (Å²) in [6.45, 7) is 4.70. The van der Waals surface area contributed by atoms with Gasteiger partial charge in [-0.25, -0.2) is 0 Å². The number of nitrogens with zero attached hydrogens (tertiary/aromatic N) is 2. The number of rotatable bonds is 7. The second kappa shape index (κ2) is 7.50. The van der Waals surface area contributed by atoms with E-state index < -0.39 is 5.54 Å². The molecule has 4 nitrogen and oxygen atoms in total. The third-order valence-electron chi connectivity index (χ3n) is 4.79. The van der Waals surface area contributed by atoms with Gasteiger partial charge in [0.2, 0.25) is 5.91 Å². The standard InChI is InChI=1S/C19H26N2O2/c1-15-8-9-16(2)17(13-15)23-12-5-4-7-18(22)21(3)19(14-20)10-6-11-19/h8-9,13H,4-7,10-12H2,1-3H3. The van der Waals surface area contributed by atoms with Gasteiger partial charge in [-0.3, -0.25) is 4.79 Å². The summed E-state index contributed by atoms with van der Waals surface area (Å²) in [5.41, 5.74) is 1.78. The van der Waals surface area contributed by atoms with Gasteiger partial charge in [0.15, 0.2) is 0 Å². The number of ether oxygens (including phenoxy) is 1. The Morgan fingerprint density at radius 2 is 2.09 bits per heavy atom. The Bertz CT molecular complexity index is 600. The van der Waals surface area contributed by atoms with E-state index in [-0.39, 0.29) is 5.91 Å². The summed E-state index contributed by atoms with van der Waals surface area (Å²) in [6.07, 6.45) is 4.76. The molecule has 0 N–H and O–H groups in total. The molecule has 0 atom stereocenters. The monoisotopic (exact) mass is 314 g/mol. The summed E-state index contributed by atoms with van der Waals surface area (Å²) in [6, 6.07) is 8.48. The predicted octanol–water partition coefficient (Wildman–Crippen LogP) is 3.76. The fourth-order valence-electron chi connectivity index (χ4n) is 2.86. The maximum Gasteiger partial charge on any atom is 0.223 e. The van der Waals surface area contributed by atoms with Gasteiger partial charge < -0.3 is 9.64 Å². The normalized spacial score (nSPS) is 15.4. The van der Waals surface area contributed by atoms with E-state index >= 15 is 0 Å². The van der Waals surface area contributed by atoms with Crippen LogP contribution in [0.25, 0.3) is 0 Å². The van der Waals surface area contributed by atoms with Gasteiger partial charge in [-0.1, -0.05) is 12.1 Å². The summed E-state index contributed by atoms with van der Waals surface area (Å²) in [7, 11) is 1.76. The van der Waals surface area contributed by atoms with E-state index in [0.717, 1.165) is 43.4 Å². The van der Waals surface area contributed by atoms with E-state index in [9.17, 15) is 10.1 Å². The highest BCUT2D eigenvalue weighted by Crippen LogP contribution is 2.36. The quantitative estimate of drug-likeness (QED) is 0.720. The Hall–Kier alpha value is -2.02. The molecule has 1 fully saturated rings. The number of carbonyl (C=O) groups excluding carboxylic acids is 1. The van der Waals surface area contributed by atoms with Crippen molar-refractivity contribution in [3.8, 4) is 11.8 Å². The number of carbonyl (C=O) groups is 1. The number of hydrogen-bond acceptors (Lipinski definition) is 3. The van der Waals surface area contributed by atoms with E-state index in [1.165, 1.54) is 5.56 Å². The summed E-state index contributed by atoms with van der Waals surface area (Å²) in [5, 5.41) is 9.28. The van der Waals surface area contributed by atoms with Crippen LogP contribution in [0, 0.1) is 25.2 Å². The number of aryl methyl sites for hydroxylation is 2. The van der Waals surface area contributed by atoms with Gasteiger partial charge in [0.05, 0.1) is 12.7 Å². The molecule has 0 aliphatic heterocycles. The van der Waals surface area contributed by atoms with Crippen LogP contribution in [0.3, 0.4) is 0 Å². The molecule has 1 amide bonds. The van der Waals surface area contributed by atoms with E-state index in [2.05, 4.69) is 18.2 Å². The van der Waals surface area contributed by atoms with Crippen LogP contribution in [0.2, 0.25) is 0 Å². The van der Waals surface area contributed by atoms with Crippen LogP contribution >= 0.6 is 0 Å². The topological polar surface area (TPSA) is 53.3 Å². The molecular formula is C19H26N2O2. The molecule has 0 aromatic heterocycles. The molecule has 1 aliphatic rings. The zero-order chi connectivity index (χ0) is 16.9. The SMILES string of the molecule is Cc1ccc(C)c(OCCCCC(=O)N(C)C2(C#N)CCC2)c1. The molecule has 2 rings (SSSR count). The van der Waals surface area contributed by atoms with Gasteiger partial charge in [0.1, 0.15) is 11.3 Å². The number of benzene rings is 1. The van der Waals surface area contributed by atoms with Crippen molar-refractivity contribution in [3.63, 3.8) is 0 Å². The van der Waals surface area contributed by atoms with Crippen LogP contribution in [-0.4, -0.2) is 30.0 Å². The van der Waals surface area contributed by atoms with Crippen molar-refractivity contribution in [1.82, 2.24) is 4.90 Å². The molecule has 1 aromatic carbocycles. The lowest BCUT2D eigenvalue weighted by Crippen LogP contribution is -2.53. The van der Waals surface area contributed by atoms with Gasteiger partial charge >= 0.3 is 0 Å². The Kier molecular flexibility index (Phi) is 5.65. The first-order valence-corrected chi connectivity index (χ1v) is 8.36. The van der Waals surface area contributed by atoms with E-state index in [4.69, 9.17) is 4.74 Å². The summed E-state index contributed by atoms with van der Waals surface area (Å²) in [5.74, 6) is 0.990. The summed E-state index contributed by atoms with van der Waals surface area (Å²) < 4.78 is 5.80. The lowest BCUT2D eigenvalue weighted by atomic mass is 9.76. The van der Waals surface area contributed by atoms with E-state index in [1.54, 1.807) is 11.9 Å². The molecule has 1 aliphatic carbocycles. The van der Waals surface area contributed by atoms with Crippen LogP contribution in [0.15, 0.2) is 18.2 Å². The van der Waals surface area contributed by atoms with E-state index in [1.807, 2.05) is 19.9 Å². The molecule has 0 radical (unpaired) electrons. The average Bonchev–Trinajstić information content (AvgIpc) is 2.49. The van der Waals surface area contributed by atoms with Gasteiger partial charge in [-0.05, 0) is 63.1 Å². The van der Waals surface area contributed by atoms with Crippen molar-refractivity contribution < 1.29 is 9.53 Å². The summed E-state index contributed by atoms with van der Waals surface area (Å²) >= 11 is 0. The highest BCUT2D eigenvalue weighted by atomic mass is 16.5. The molecule has 1 aromatic rings. The van der Waals surface area contributed by atoms with Crippen LogP contribution in [0.5, 0.6) is 5.75 Å². The zero-order valence-electron chi connectivity index (χ0n) is 14.4. The van der Waals surface area contributed by atoms with Crippen LogP contribution < -0.4 is 4.74 Å². The van der Waals surface area contributed by atoms with E-state index in [0.29, 0.717) is 13.0 Å². The lowest BCUT2D eigenvalue weighted by Gasteiger charge is -2.43. The molecule has 124 valence electrons. The molecular weight excluding hydrogens is 288 g/mol. The Balaban J connectivity index is 1.70. The van der Waals surface area contributed by atoms with Crippen LogP contribution in [0.1, 0.15) is 49.7 Å². The Morgan fingerprint density at radius 3 is 2.70 bits per heavy atom. The molecule has 0 bridgehead atoms. The second-order valence-electron chi connectivity index (χ2n) is 6.52. The highest BCUT2D eigenvalue weighted by Gasteiger charge is 2.43. The minimum Gasteiger partial charge on any atom is -0.493 e. The molecule has 0 heterocycles. The maximum absolute atomic E-state index is 12.2. The van der Waals surface area contributed by atoms with Crippen LogP contribution in [-0.2, 0) is 4.79 Å². The fourth-order valence-corrected chi connectivity index (χ4v) is 2.86. The number of amides is 1. The molecule has 23 heavy (non-hydrogen) atoms. The summed E-state index contributed by atoms with van der Waals surface area (Å²) in [4.78, 5) is 13.9. The van der Waals surface area contributed by atoms with Crippen molar-refractivity contribution in [3.05, 3.63) is 29.3 Å². The molecule has 4 heteroatoms. The van der Waals surface area contributed by atoms with Crippen molar-refractivity contribution in [2.24, 2.45) is 0 Å². The lowest BCUT2D eigenvalue weighted by molar-refractivity contribution is -0.136. The number of hydrogen-bond donors (Lipinski definition) is 0.